The summed E-state index contributed by atoms with van der Waals surface area (Å²) in [7, 11) is 0. The number of fused-ring (bicyclic) bond motifs is 1. The predicted octanol–water partition coefficient (Wildman–Crippen LogP) is 6.99. The molecular weight excluding hydrogens is 422 g/mol. The van der Waals surface area contributed by atoms with Crippen LogP contribution in [0.25, 0.3) is 10.8 Å². The molecule has 0 atom stereocenters. The predicted molar refractivity (Wildman–Crippen MR) is 139 cm³/mol. The number of carbonyl (C=O) groups is 1. The Morgan fingerprint density at radius 3 is 2.29 bits per heavy atom. The molecule has 1 saturated carbocycles. The van der Waals surface area contributed by atoms with Gasteiger partial charge in [-0.2, -0.15) is 0 Å². The molecule has 1 aliphatic carbocycles. The zero-order chi connectivity index (χ0) is 24.1. The fourth-order valence-electron chi connectivity index (χ4n) is 5.59. The first kappa shape index (κ1) is 25.0. The van der Waals surface area contributed by atoms with Crippen LogP contribution in [0, 0.1) is 17.3 Å². The van der Waals surface area contributed by atoms with E-state index in [1.165, 1.54) is 29.2 Å². The number of piperidine rings is 1. The lowest BCUT2D eigenvalue weighted by Crippen LogP contribution is -2.36. The summed E-state index contributed by atoms with van der Waals surface area (Å²) in [5.74, 6) is 1.87. The number of rotatable bonds is 7. The van der Waals surface area contributed by atoms with Crippen LogP contribution in [0.4, 0.5) is 0 Å². The number of hydrogen-bond donors (Lipinski definition) is 0. The van der Waals surface area contributed by atoms with Crippen molar-refractivity contribution in [2.24, 2.45) is 17.3 Å². The van der Waals surface area contributed by atoms with E-state index in [9.17, 15) is 4.79 Å². The van der Waals surface area contributed by atoms with E-state index in [0.717, 1.165) is 63.4 Å². The topological polar surface area (TPSA) is 38.8 Å². The van der Waals surface area contributed by atoms with Crippen LogP contribution in [-0.4, -0.2) is 36.7 Å². The van der Waals surface area contributed by atoms with Gasteiger partial charge < -0.3 is 9.47 Å². The molecule has 2 aliphatic rings. The Hall–Kier alpha value is -2.07. The third-order valence-electron chi connectivity index (χ3n) is 7.85. The standard InChI is InChI=1S/C30H43NO3/c1-5-18-33-29(32)23-14-16-31(17-15-23)21-22-6-7-25-20-28(11-8-24(25)19-22)34-27-12-9-26(10-13-27)30(2,3)4/h6-8,11,19-20,23,26-27H,5,9-10,12-18,21H2,1-4H3. The van der Waals surface area contributed by atoms with Gasteiger partial charge in [0.15, 0.2) is 0 Å². The zero-order valence-corrected chi connectivity index (χ0v) is 21.6. The normalized spacial score (nSPS) is 22.6. The van der Waals surface area contributed by atoms with Crippen molar-refractivity contribution in [3.63, 3.8) is 0 Å². The summed E-state index contributed by atoms with van der Waals surface area (Å²) in [4.78, 5) is 14.6. The van der Waals surface area contributed by atoms with E-state index in [1.807, 2.05) is 6.92 Å². The van der Waals surface area contributed by atoms with Gasteiger partial charge in [-0.3, -0.25) is 9.69 Å². The highest BCUT2D eigenvalue weighted by atomic mass is 16.5. The Morgan fingerprint density at radius 2 is 1.62 bits per heavy atom. The monoisotopic (exact) mass is 465 g/mol. The molecule has 0 aromatic heterocycles. The minimum Gasteiger partial charge on any atom is -0.490 e. The fourth-order valence-corrected chi connectivity index (χ4v) is 5.59. The zero-order valence-electron chi connectivity index (χ0n) is 21.6. The van der Waals surface area contributed by atoms with Crippen molar-refractivity contribution in [2.45, 2.75) is 85.3 Å². The minimum atomic E-state index is -0.00697. The van der Waals surface area contributed by atoms with Crippen molar-refractivity contribution in [3.05, 3.63) is 42.0 Å². The first-order valence-electron chi connectivity index (χ1n) is 13.4. The average Bonchev–Trinajstić information content (AvgIpc) is 2.83. The quantitative estimate of drug-likeness (QED) is 0.413. The van der Waals surface area contributed by atoms with Gasteiger partial charge in [0.1, 0.15) is 5.75 Å². The summed E-state index contributed by atoms with van der Waals surface area (Å²) >= 11 is 0. The van der Waals surface area contributed by atoms with E-state index >= 15 is 0 Å². The molecule has 2 aromatic rings. The van der Waals surface area contributed by atoms with Crippen LogP contribution < -0.4 is 4.74 Å². The SMILES string of the molecule is CCCOC(=O)C1CCN(Cc2ccc3cc(OC4CCC(C(C)(C)C)CC4)ccc3c2)CC1. The van der Waals surface area contributed by atoms with Crippen LogP contribution in [0.1, 0.15) is 78.2 Å². The van der Waals surface area contributed by atoms with E-state index in [1.54, 1.807) is 0 Å². The van der Waals surface area contributed by atoms with Crippen molar-refractivity contribution < 1.29 is 14.3 Å². The molecule has 0 amide bonds. The number of benzene rings is 2. The molecule has 0 radical (unpaired) electrons. The van der Waals surface area contributed by atoms with Gasteiger partial charge in [0.25, 0.3) is 0 Å². The smallest absolute Gasteiger partial charge is 0.309 e. The van der Waals surface area contributed by atoms with E-state index in [0.29, 0.717) is 18.1 Å². The Kier molecular flexibility index (Phi) is 8.18. The number of nitrogens with zero attached hydrogens (tertiary/aromatic N) is 1. The van der Waals surface area contributed by atoms with Crippen molar-refractivity contribution in [1.82, 2.24) is 4.90 Å². The highest BCUT2D eigenvalue weighted by molar-refractivity contribution is 5.84. The number of esters is 1. The number of likely N-dealkylation sites (tertiary alicyclic amines) is 1. The Labute approximate surface area is 206 Å². The second kappa shape index (κ2) is 11.1. The maximum atomic E-state index is 12.1. The van der Waals surface area contributed by atoms with Crippen LogP contribution in [0.5, 0.6) is 5.75 Å². The third-order valence-corrected chi connectivity index (χ3v) is 7.85. The number of ether oxygens (including phenoxy) is 2. The number of carbonyl (C=O) groups excluding carboxylic acids is 1. The van der Waals surface area contributed by atoms with E-state index < -0.39 is 0 Å². The molecule has 34 heavy (non-hydrogen) atoms. The summed E-state index contributed by atoms with van der Waals surface area (Å²) in [5.41, 5.74) is 1.73. The molecule has 4 heteroatoms. The van der Waals surface area contributed by atoms with Crippen molar-refractivity contribution in [3.8, 4) is 5.75 Å². The Morgan fingerprint density at radius 1 is 0.941 bits per heavy atom. The van der Waals surface area contributed by atoms with Gasteiger partial charge in [-0.05, 0) is 104 Å². The van der Waals surface area contributed by atoms with Gasteiger partial charge in [-0.1, -0.05) is 45.9 Å². The second-order valence-corrected chi connectivity index (χ2v) is 11.5. The van der Waals surface area contributed by atoms with Gasteiger partial charge in [-0.25, -0.2) is 0 Å². The molecule has 4 rings (SSSR count). The maximum absolute atomic E-state index is 12.1. The summed E-state index contributed by atoms with van der Waals surface area (Å²) in [6.07, 6.45) is 7.88. The largest absolute Gasteiger partial charge is 0.490 e. The fraction of sp³-hybridized carbons (Fsp3) is 0.633. The van der Waals surface area contributed by atoms with E-state index in [4.69, 9.17) is 9.47 Å². The molecule has 0 spiro atoms. The molecule has 1 saturated heterocycles. The molecule has 1 heterocycles. The molecule has 186 valence electrons. The second-order valence-electron chi connectivity index (χ2n) is 11.5. The lowest BCUT2D eigenvalue weighted by atomic mass is 9.72. The average molecular weight is 466 g/mol. The molecule has 0 unspecified atom stereocenters. The molecule has 1 aliphatic heterocycles. The maximum Gasteiger partial charge on any atom is 0.309 e. The van der Waals surface area contributed by atoms with E-state index in [2.05, 4.69) is 62.1 Å². The first-order chi connectivity index (χ1) is 16.3. The highest BCUT2D eigenvalue weighted by Crippen LogP contribution is 2.39. The van der Waals surface area contributed by atoms with Gasteiger partial charge in [0.05, 0.1) is 18.6 Å². The van der Waals surface area contributed by atoms with Crippen molar-refractivity contribution >= 4 is 16.7 Å². The summed E-state index contributed by atoms with van der Waals surface area (Å²) in [6.45, 7) is 12.5. The van der Waals surface area contributed by atoms with Crippen LogP contribution in [0.2, 0.25) is 0 Å². The first-order valence-corrected chi connectivity index (χ1v) is 13.4. The van der Waals surface area contributed by atoms with Gasteiger partial charge in [-0.15, -0.1) is 0 Å². The summed E-state index contributed by atoms with van der Waals surface area (Å²) in [5, 5.41) is 2.50. The Balaban J connectivity index is 1.29. The van der Waals surface area contributed by atoms with Crippen molar-refractivity contribution in [2.75, 3.05) is 19.7 Å². The van der Waals surface area contributed by atoms with Crippen molar-refractivity contribution in [1.29, 1.82) is 0 Å². The molecule has 2 aromatic carbocycles. The van der Waals surface area contributed by atoms with Gasteiger partial charge in [0, 0.05) is 6.54 Å². The molecule has 4 nitrogen and oxygen atoms in total. The van der Waals surface area contributed by atoms with Gasteiger partial charge >= 0.3 is 5.97 Å². The molecular formula is C30H43NO3. The minimum absolute atomic E-state index is 0.00697. The van der Waals surface area contributed by atoms with Crippen LogP contribution in [0.15, 0.2) is 36.4 Å². The summed E-state index contributed by atoms with van der Waals surface area (Å²) < 4.78 is 11.7. The molecule has 0 N–H and O–H groups in total. The Bertz CT molecular complexity index is 947. The van der Waals surface area contributed by atoms with Crippen LogP contribution >= 0.6 is 0 Å². The third kappa shape index (κ3) is 6.53. The van der Waals surface area contributed by atoms with Gasteiger partial charge in [0.2, 0.25) is 0 Å². The molecule has 0 bridgehead atoms. The van der Waals surface area contributed by atoms with Crippen LogP contribution in [0.3, 0.4) is 0 Å². The lowest BCUT2D eigenvalue weighted by Gasteiger charge is -2.37. The highest BCUT2D eigenvalue weighted by Gasteiger charge is 2.30. The lowest BCUT2D eigenvalue weighted by molar-refractivity contribution is -0.150. The van der Waals surface area contributed by atoms with E-state index in [-0.39, 0.29) is 11.9 Å². The van der Waals surface area contributed by atoms with Crippen LogP contribution in [-0.2, 0) is 16.1 Å². The summed E-state index contributed by atoms with van der Waals surface area (Å²) in [6, 6.07) is 13.3. The molecule has 2 fully saturated rings. The number of hydrogen-bond acceptors (Lipinski definition) is 4.